The van der Waals surface area contributed by atoms with Crippen molar-refractivity contribution in [2.24, 2.45) is 11.7 Å². The van der Waals surface area contributed by atoms with Gasteiger partial charge in [0.05, 0.1) is 0 Å². The standard InChI is InChI=1S/C19H24ClN/c1-3-14(2)19(15-9-5-4-6-10-15)18(21)13-16-11-7-8-12-17(16)20/h4-12,14,18-19H,3,13,21H2,1-2H3. The van der Waals surface area contributed by atoms with Gasteiger partial charge in [0.1, 0.15) is 0 Å². The second-order valence-electron chi connectivity index (χ2n) is 5.78. The molecule has 0 spiro atoms. The second-order valence-corrected chi connectivity index (χ2v) is 6.19. The van der Waals surface area contributed by atoms with Gasteiger partial charge in [0.15, 0.2) is 0 Å². The predicted molar refractivity (Wildman–Crippen MR) is 91.8 cm³/mol. The number of benzene rings is 2. The van der Waals surface area contributed by atoms with E-state index in [1.807, 2.05) is 18.2 Å². The van der Waals surface area contributed by atoms with Gasteiger partial charge in [-0.1, -0.05) is 80.4 Å². The lowest BCUT2D eigenvalue weighted by molar-refractivity contribution is 0.380. The molecule has 0 bridgehead atoms. The number of halogens is 1. The smallest absolute Gasteiger partial charge is 0.0438 e. The molecule has 2 rings (SSSR count). The minimum atomic E-state index is 0.0715. The largest absolute Gasteiger partial charge is 0.327 e. The highest BCUT2D eigenvalue weighted by Crippen LogP contribution is 2.31. The Balaban J connectivity index is 2.23. The summed E-state index contributed by atoms with van der Waals surface area (Å²) < 4.78 is 0. The van der Waals surface area contributed by atoms with Crippen molar-refractivity contribution in [2.45, 2.75) is 38.6 Å². The molecule has 0 radical (unpaired) electrons. The average molecular weight is 302 g/mol. The van der Waals surface area contributed by atoms with Crippen LogP contribution in [-0.2, 0) is 6.42 Å². The molecular formula is C19H24ClN. The van der Waals surface area contributed by atoms with Gasteiger partial charge in [0, 0.05) is 17.0 Å². The van der Waals surface area contributed by atoms with E-state index >= 15 is 0 Å². The molecule has 2 aromatic carbocycles. The zero-order valence-electron chi connectivity index (χ0n) is 12.8. The van der Waals surface area contributed by atoms with E-state index in [0.29, 0.717) is 11.8 Å². The van der Waals surface area contributed by atoms with Gasteiger partial charge in [0.25, 0.3) is 0 Å². The van der Waals surface area contributed by atoms with Crippen LogP contribution < -0.4 is 5.73 Å². The van der Waals surface area contributed by atoms with Crippen LogP contribution in [0.25, 0.3) is 0 Å². The molecule has 0 heterocycles. The van der Waals surface area contributed by atoms with E-state index in [1.165, 1.54) is 5.56 Å². The topological polar surface area (TPSA) is 26.0 Å². The van der Waals surface area contributed by atoms with Gasteiger partial charge in [-0.05, 0) is 29.5 Å². The first kappa shape index (κ1) is 16.1. The van der Waals surface area contributed by atoms with Crippen molar-refractivity contribution >= 4 is 11.6 Å². The minimum absolute atomic E-state index is 0.0715. The Morgan fingerprint density at radius 1 is 1.00 bits per heavy atom. The first-order valence-corrected chi connectivity index (χ1v) is 8.05. The van der Waals surface area contributed by atoms with Gasteiger partial charge in [-0.3, -0.25) is 0 Å². The van der Waals surface area contributed by atoms with Crippen molar-refractivity contribution < 1.29 is 0 Å². The van der Waals surface area contributed by atoms with Crippen LogP contribution in [0.4, 0.5) is 0 Å². The average Bonchev–Trinajstić information content (AvgIpc) is 2.50. The molecule has 2 heteroatoms. The van der Waals surface area contributed by atoms with Crippen LogP contribution in [0.15, 0.2) is 54.6 Å². The van der Waals surface area contributed by atoms with Crippen LogP contribution in [0, 0.1) is 5.92 Å². The lowest BCUT2D eigenvalue weighted by Gasteiger charge is -2.30. The van der Waals surface area contributed by atoms with Crippen molar-refractivity contribution in [1.82, 2.24) is 0 Å². The number of hydrogen-bond acceptors (Lipinski definition) is 1. The summed E-state index contributed by atoms with van der Waals surface area (Å²) in [5.74, 6) is 0.900. The molecule has 21 heavy (non-hydrogen) atoms. The molecule has 0 aliphatic carbocycles. The van der Waals surface area contributed by atoms with Crippen LogP contribution >= 0.6 is 11.6 Å². The van der Waals surface area contributed by atoms with Gasteiger partial charge in [-0.15, -0.1) is 0 Å². The molecule has 0 aliphatic heterocycles. The zero-order chi connectivity index (χ0) is 15.2. The predicted octanol–water partition coefficient (Wildman–Crippen LogP) is 5.04. The molecule has 3 atom stereocenters. The summed E-state index contributed by atoms with van der Waals surface area (Å²) in [6.07, 6.45) is 1.93. The van der Waals surface area contributed by atoms with Gasteiger partial charge in [0.2, 0.25) is 0 Å². The fourth-order valence-corrected chi connectivity index (χ4v) is 3.18. The van der Waals surface area contributed by atoms with E-state index in [9.17, 15) is 0 Å². The Morgan fingerprint density at radius 3 is 2.24 bits per heavy atom. The minimum Gasteiger partial charge on any atom is -0.327 e. The van der Waals surface area contributed by atoms with Crippen molar-refractivity contribution in [3.8, 4) is 0 Å². The lowest BCUT2D eigenvalue weighted by Crippen LogP contribution is -2.34. The quantitative estimate of drug-likeness (QED) is 0.795. The van der Waals surface area contributed by atoms with Crippen LogP contribution in [0.5, 0.6) is 0 Å². The first-order valence-electron chi connectivity index (χ1n) is 7.67. The van der Waals surface area contributed by atoms with E-state index in [2.05, 4.69) is 50.2 Å². The maximum atomic E-state index is 6.57. The molecule has 0 aromatic heterocycles. The van der Waals surface area contributed by atoms with E-state index < -0.39 is 0 Å². The monoisotopic (exact) mass is 301 g/mol. The summed E-state index contributed by atoms with van der Waals surface area (Å²) in [7, 11) is 0. The van der Waals surface area contributed by atoms with Crippen LogP contribution in [0.2, 0.25) is 5.02 Å². The molecule has 0 saturated heterocycles. The van der Waals surface area contributed by atoms with Gasteiger partial charge in [-0.2, -0.15) is 0 Å². The molecule has 2 aromatic rings. The SMILES string of the molecule is CCC(C)C(c1ccccc1)C(N)Cc1ccccc1Cl. The summed E-state index contributed by atoms with van der Waals surface area (Å²) in [5.41, 5.74) is 9.03. The molecular weight excluding hydrogens is 278 g/mol. The maximum absolute atomic E-state index is 6.57. The highest BCUT2D eigenvalue weighted by atomic mass is 35.5. The van der Waals surface area contributed by atoms with E-state index in [4.69, 9.17) is 17.3 Å². The summed E-state index contributed by atoms with van der Waals surface area (Å²) in [5, 5.41) is 0.809. The molecule has 2 N–H and O–H groups in total. The molecule has 112 valence electrons. The van der Waals surface area contributed by atoms with E-state index in [-0.39, 0.29) is 6.04 Å². The number of nitrogens with two attached hydrogens (primary N) is 1. The molecule has 1 nitrogen and oxygen atoms in total. The molecule has 0 aliphatic rings. The normalized spacial score (nSPS) is 15.4. The van der Waals surface area contributed by atoms with Crippen molar-refractivity contribution in [1.29, 1.82) is 0 Å². The second kappa shape index (κ2) is 7.63. The summed E-state index contributed by atoms with van der Waals surface area (Å²) in [6, 6.07) is 18.7. The Hall–Kier alpha value is -1.31. The fourth-order valence-electron chi connectivity index (χ4n) is 2.97. The Bertz CT molecular complexity index is 553. The highest BCUT2D eigenvalue weighted by Gasteiger charge is 2.25. The van der Waals surface area contributed by atoms with Gasteiger partial charge in [-0.25, -0.2) is 0 Å². The summed E-state index contributed by atoms with van der Waals surface area (Å²) in [6.45, 7) is 4.51. The van der Waals surface area contributed by atoms with Crippen molar-refractivity contribution in [3.63, 3.8) is 0 Å². The Labute approximate surface area is 133 Å². The van der Waals surface area contributed by atoms with E-state index in [0.717, 1.165) is 23.4 Å². The summed E-state index contributed by atoms with van der Waals surface area (Å²) >= 11 is 6.28. The third-order valence-electron chi connectivity index (χ3n) is 4.32. The molecule has 0 fully saturated rings. The van der Waals surface area contributed by atoms with Crippen LogP contribution in [0.1, 0.15) is 37.3 Å². The Kier molecular flexibility index (Phi) is 5.84. The number of rotatable bonds is 6. The van der Waals surface area contributed by atoms with Crippen molar-refractivity contribution in [2.75, 3.05) is 0 Å². The summed E-state index contributed by atoms with van der Waals surface area (Å²) in [4.78, 5) is 0. The fraction of sp³-hybridized carbons (Fsp3) is 0.368. The zero-order valence-corrected chi connectivity index (χ0v) is 13.6. The number of hydrogen-bond donors (Lipinski definition) is 1. The Morgan fingerprint density at radius 2 is 1.62 bits per heavy atom. The maximum Gasteiger partial charge on any atom is 0.0438 e. The molecule has 3 unspecified atom stereocenters. The molecule has 0 amide bonds. The third kappa shape index (κ3) is 4.09. The van der Waals surface area contributed by atoms with Crippen LogP contribution in [0.3, 0.4) is 0 Å². The van der Waals surface area contributed by atoms with Gasteiger partial charge >= 0.3 is 0 Å². The molecule has 0 saturated carbocycles. The van der Waals surface area contributed by atoms with E-state index in [1.54, 1.807) is 0 Å². The van der Waals surface area contributed by atoms with Crippen LogP contribution in [-0.4, -0.2) is 6.04 Å². The third-order valence-corrected chi connectivity index (χ3v) is 4.68. The van der Waals surface area contributed by atoms with Crippen molar-refractivity contribution in [3.05, 3.63) is 70.7 Å². The first-order chi connectivity index (χ1) is 10.1. The van der Waals surface area contributed by atoms with Gasteiger partial charge < -0.3 is 5.73 Å². The lowest BCUT2D eigenvalue weighted by atomic mass is 9.78. The highest BCUT2D eigenvalue weighted by molar-refractivity contribution is 6.31.